The number of nitrogens with two attached hydrogens (primary N) is 1. The molecule has 1 aliphatic heterocycles. The third-order valence-corrected chi connectivity index (χ3v) is 3.29. The average molecular weight is 220 g/mol. The topological polar surface area (TPSA) is 73.1 Å². The van der Waals surface area contributed by atoms with E-state index in [0.29, 0.717) is 17.8 Å². The molecule has 5 nitrogen and oxygen atoms in total. The fourth-order valence-corrected chi connectivity index (χ4v) is 2.29. The van der Waals surface area contributed by atoms with E-state index in [1.54, 1.807) is 6.20 Å². The molecule has 1 aromatic heterocycles. The molecule has 2 aliphatic rings. The molecule has 5 heteroatoms. The number of anilines is 2. The second-order valence-electron chi connectivity index (χ2n) is 4.54. The number of nitrogens with zero attached hydrogens (tertiary/aromatic N) is 2. The Morgan fingerprint density at radius 1 is 1.38 bits per heavy atom. The van der Waals surface area contributed by atoms with Gasteiger partial charge in [0.05, 0.1) is 24.0 Å². The number of ether oxygens (including phenoxy) is 1. The minimum Gasteiger partial charge on any atom is -0.394 e. The van der Waals surface area contributed by atoms with E-state index in [-0.39, 0.29) is 0 Å². The maximum atomic E-state index is 5.81. The first-order valence-corrected chi connectivity index (χ1v) is 5.78. The first kappa shape index (κ1) is 9.84. The molecule has 2 fully saturated rings. The van der Waals surface area contributed by atoms with Crippen molar-refractivity contribution in [2.75, 3.05) is 17.7 Å². The maximum Gasteiger partial charge on any atom is 0.152 e. The molecule has 2 heterocycles. The Kier molecular flexibility index (Phi) is 2.40. The summed E-state index contributed by atoms with van der Waals surface area (Å²) in [5, 5.41) is 3.38. The van der Waals surface area contributed by atoms with Crippen molar-refractivity contribution in [3.05, 3.63) is 12.5 Å². The fraction of sp³-hybridized carbons (Fsp3) is 0.636. The van der Waals surface area contributed by atoms with Crippen LogP contribution in [0, 0.1) is 5.92 Å². The van der Waals surface area contributed by atoms with E-state index in [2.05, 4.69) is 15.3 Å². The molecule has 0 bridgehead atoms. The number of nitrogen functional groups attached to an aromatic ring is 1. The highest BCUT2D eigenvalue weighted by Crippen LogP contribution is 2.39. The van der Waals surface area contributed by atoms with Gasteiger partial charge in [-0.15, -0.1) is 0 Å². The van der Waals surface area contributed by atoms with E-state index in [1.165, 1.54) is 19.2 Å². The highest BCUT2D eigenvalue weighted by molar-refractivity contribution is 5.59. The predicted molar refractivity (Wildman–Crippen MR) is 60.9 cm³/mol. The van der Waals surface area contributed by atoms with Gasteiger partial charge < -0.3 is 15.8 Å². The molecular formula is C11H16N4O. The molecule has 1 aromatic rings. The molecule has 1 aliphatic carbocycles. The lowest BCUT2D eigenvalue weighted by Crippen LogP contribution is -2.31. The van der Waals surface area contributed by atoms with Crippen LogP contribution in [0.15, 0.2) is 12.5 Å². The highest BCUT2D eigenvalue weighted by atomic mass is 16.5. The molecule has 0 aromatic carbocycles. The van der Waals surface area contributed by atoms with Crippen molar-refractivity contribution in [2.24, 2.45) is 5.92 Å². The third kappa shape index (κ3) is 1.82. The van der Waals surface area contributed by atoms with Gasteiger partial charge >= 0.3 is 0 Å². The van der Waals surface area contributed by atoms with Gasteiger partial charge in [-0.1, -0.05) is 0 Å². The van der Waals surface area contributed by atoms with Gasteiger partial charge in [-0.2, -0.15) is 0 Å². The number of hydrogen-bond acceptors (Lipinski definition) is 5. The van der Waals surface area contributed by atoms with Crippen LogP contribution in [-0.4, -0.2) is 28.7 Å². The van der Waals surface area contributed by atoms with Crippen LogP contribution in [0.25, 0.3) is 0 Å². The smallest absolute Gasteiger partial charge is 0.152 e. The molecule has 86 valence electrons. The quantitative estimate of drug-likeness (QED) is 0.796. The summed E-state index contributed by atoms with van der Waals surface area (Å²) < 4.78 is 5.75. The Balaban J connectivity index is 1.71. The van der Waals surface area contributed by atoms with Gasteiger partial charge in [0.1, 0.15) is 6.33 Å². The standard InChI is InChI=1S/C11H16N4O/c12-8-5-13-6-14-11(8)15-9-3-4-16-10(9)7-1-2-7/h5-7,9-10H,1-4,12H2,(H,13,14,15). The first-order valence-electron chi connectivity index (χ1n) is 5.78. The summed E-state index contributed by atoms with van der Waals surface area (Å²) in [6.45, 7) is 0.837. The van der Waals surface area contributed by atoms with Crippen molar-refractivity contribution in [2.45, 2.75) is 31.4 Å². The van der Waals surface area contributed by atoms with Crippen LogP contribution in [0.1, 0.15) is 19.3 Å². The minimum atomic E-state index is 0.342. The fourth-order valence-electron chi connectivity index (χ4n) is 2.29. The van der Waals surface area contributed by atoms with Gasteiger partial charge in [0.2, 0.25) is 0 Å². The second kappa shape index (κ2) is 3.90. The van der Waals surface area contributed by atoms with E-state index in [0.717, 1.165) is 24.8 Å². The van der Waals surface area contributed by atoms with Gasteiger partial charge in [0.25, 0.3) is 0 Å². The Hall–Kier alpha value is -1.36. The van der Waals surface area contributed by atoms with Crippen molar-refractivity contribution in [3.8, 4) is 0 Å². The van der Waals surface area contributed by atoms with Crippen molar-refractivity contribution >= 4 is 11.5 Å². The van der Waals surface area contributed by atoms with Crippen molar-refractivity contribution in [3.63, 3.8) is 0 Å². The Morgan fingerprint density at radius 2 is 2.25 bits per heavy atom. The lowest BCUT2D eigenvalue weighted by molar-refractivity contribution is 0.0898. The van der Waals surface area contributed by atoms with Crippen LogP contribution >= 0.6 is 0 Å². The van der Waals surface area contributed by atoms with E-state index in [9.17, 15) is 0 Å². The minimum absolute atomic E-state index is 0.342. The Bertz CT molecular complexity index is 380. The maximum absolute atomic E-state index is 5.81. The molecule has 1 saturated carbocycles. The van der Waals surface area contributed by atoms with E-state index in [4.69, 9.17) is 10.5 Å². The summed E-state index contributed by atoms with van der Waals surface area (Å²) in [6, 6.07) is 0.352. The molecule has 3 rings (SSSR count). The molecule has 1 saturated heterocycles. The monoisotopic (exact) mass is 220 g/mol. The molecule has 2 unspecified atom stereocenters. The van der Waals surface area contributed by atoms with Gasteiger partial charge in [-0.3, -0.25) is 0 Å². The van der Waals surface area contributed by atoms with Crippen LogP contribution in [0.2, 0.25) is 0 Å². The lowest BCUT2D eigenvalue weighted by Gasteiger charge is -2.20. The van der Waals surface area contributed by atoms with Crippen molar-refractivity contribution < 1.29 is 4.74 Å². The zero-order valence-corrected chi connectivity index (χ0v) is 9.10. The molecule has 0 spiro atoms. The van der Waals surface area contributed by atoms with Crippen LogP contribution in [0.5, 0.6) is 0 Å². The summed E-state index contributed by atoms with van der Waals surface area (Å²) in [7, 11) is 0. The van der Waals surface area contributed by atoms with Crippen LogP contribution in [0.4, 0.5) is 11.5 Å². The number of aromatic nitrogens is 2. The average Bonchev–Trinajstić information content (AvgIpc) is 3.03. The lowest BCUT2D eigenvalue weighted by atomic mass is 10.1. The molecule has 16 heavy (non-hydrogen) atoms. The highest BCUT2D eigenvalue weighted by Gasteiger charge is 2.40. The summed E-state index contributed by atoms with van der Waals surface area (Å²) in [5.74, 6) is 1.47. The molecular weight excluding hydrogens is 204 g/mol. The van der Waals surface area contributed by atoms with Crippen molar-refractivity contribution in [1.82, 2.24) is 9.97 Å². The Labute approximate surface area is 94.4 Å². The van der Waals surface area contributed by atoms with Crippen molar-refractivity contribution in [1.29, 1.82) is 0 Å². The van der Waals surface area contributed by atoms with E-state index < -0.39 is 0 Å². The van der Waals surface area contributed by atoms with Gasteiger partial charge in [0, 0.05) is 6.61 Å². The van der Waals surface area contributed by atoms with Gasteiger partial charge in [0.15, 0.2) is 5.82 Å². The number of hydrogen-bond donors (Lipinski definition) is 2. The normalized spacial score (nSPS) is 29.2. The van der Waals surface area contributed by atoms with Crippen LogP contribution in [0.3, 0.4) is 0 Å². The number of rotatable bonds is 3. The van der Waals surface area contributed by atoms with E-state index >= 15 is 0 Å². The van der Waals surface area contributed by atoms with Crippen LogP contribution in [-0.2, 0) is 4.74 Å². The second-order valence-corrected chi connectivity index (χ2v) is 4.54. The van der Waals surface area contributed by atoms with Gasteiger partial charge in [-0.25, -0.2) is 9.97 Å². The SMILES string of the molecule is Nc1cncnc1NC1CCOC1C1CC1. The third-order valence-electron chi connectivity index (χ3n) is 3.29. The van der Waals surface area contributed by atoms with Crippen LogP contribution < -0.4 is 11.1 Å². The summed E-state index contributed by atoms with van der Waals surface area (Å²) in [5.41, 5.74) is 6.41. The summed E-state index contributed by atoms with van der Waals surface area (Å²) in [6.07, 6.45) is 7.10. The summed E-state index contributed by atoms with van der Waals surface area (Å²) in [4.78, 5) is 8.03. The largest absolute Gasteiger partial charge is 0.394 e. The van der Waals surface area contributed by atoms with E-state index in [1.807, 2.05) is 0 Å². The first-order chi connectivity index (χ1) is 7.84. The molecule has 0 amide bonds. The Morgan fingerprint density at radius 3 is 3.00 bits per heavy atom. The molecule has 0 radical (unpaired) electrons. The summed E-state index contributed by atoms with van der Waals surface area (Å²) >= 11 is 0. The zero-order valence-electron chi connectivity index (χ0n) is 9.10. The van der Waals surface area contributed by atoms with Gasteiger partial charge in [-0.05, 0) is 25.2 Å². The molecule has 2 atom stereocenters. The predicted octanol–water partition coefficient (Wildman–Crippen LogP) is 1.04. The molecule has 3 N–H and O–H groups in total. The zero-order chi connectivity index (χ0) is 11.0. The number of nitrogens with one attached hydrogen (secondary N) is 1.